The Morgan fingerprint density at radius 1 is 1.15 bits per heavy atom. The highest BCUT2D eigenvalue weighted by Crippen LogP contribution is 2.21. The standard InChI is InChI=1S/C19H21N5O2S/c1-4-26-17-7-5-16(6-8-17)24-19(21-22-23-24)27-12-18(25)20-15-10-13(2)9-14(3)11-15/h5-11H,4,12H2,1-3H3,(H,20,25). The number of thioether (sulfide) groups is 1. The Morgan fingerprint density at radius 3 is 2.52 bits per heavy atom. The van der Waals surface area contributed by atoms with E-state index in [9.17, 15) is 4.79 Å². The highest BCUT2D eigenvalue weighted by Gasteiger charge is 2.12. The average molecular weight is 383 g/mol. The molecule has 2 aromatic carbocycles. The van der Waals surface area contributed by atoms with Crippen molar-refractivity contribution < 1.29 is 9.53 Å². The lowest BCUT2D eigenvalue weighted by molar-refractivity contribution is -0.113. The number of tetrazole rings is 1. The number of rotatable bonds is 7. The van der Waals surface area contributed by atoms with E-state index in [2.05, 4.69) is 26.9 Å². The van der Waals surface area contributed by atoms with Gasteiger partial charge < -0.3 is 10.1 Å². The highest BCUT2D eigenvalue weighted by molar-refractivity contribution is 7.99. The minimum Gasteiger partial charge on any atom is -0.494 e. The Hall–Kier alpha value is -2.87. The van der Waals surface area contributed by atoms with Crippen LogP contribution in [0.4, 0.5) is 5.69 Å². The van der Waals surface area contributed by atoms with Crippen LogP contribution in [0.3, 0.4) is 0 Å². The predicted molar refractivity (Wildman–Crippen MR) is 106 cm³/mol. The number of carbonyl (C=O) groups is 1. The van der Waals surface area contributed by atoms with Gasteiger partial charge in [0.1, 0.15) is 5.75 Å². The van der Waals surface area contributed by atoms with E-state index in [1.165, 1.54) is 11.8 Å². The lowest BCUT2D eigenvalue weighted by atomic mass is 10.1. The molecule has 0 radical (unpaired) electrons. The molecule has 140 valence electrons. The first-order valence-electron chi connectivity index (χ1n) is 8.57. The van der Waals surface area contributed by atoms with Crippen LogP contribution in [0.2, 0.25) is 0 Å². The number of anilines is 1. The maximum Gasteiger partial charge on any atom is 0.234 e. The molecule has 0 fully saturated rings. The Morgan fingerprint density at radius 2 is 1.85 bits per heavy atom. The molecule has 7 nitrogen and oxygen atoms in total. The molecule has 8 heteroatoms. The molecule has 0 spiro atoms. The smallest absolute Gasteiger partial charge is 0.234 e. The molecule has 0 atom stereocenters. The van der Waals surface area contributed by atoms with Crippen LogP contribution in [-0.4, -0.2) is 38.5 Å². The zero-order valence-corrected chi connectivity index (χ0v) is 16.3. The zero-order valence-electron chi connectivity index (χ0n) is 15.5. The van der Waals surface area contributed by atoms with Gasteiger partial charge in [-0.25, -0.2) is 0 Å². The summed E-state index contributed by atoms with van der Waals surface area (Å²) < 4.78 is 7.04. The first-order valence-corrected chi connectivity index (χ1v) is 9.56. The molecule has 1 heterocycles. The van der Waals surface area contributed by atoms with Gasteiger partial charge in [0.05, 0.1) is 18.0 Å². The van der Waals surface area contributed by atoms with Crippen molar-refractivity contribution in [2.75, 3.05) is 17.7 Å². The van der Waals surface area contributed by atoms with Crippen LogP contribution < -0.4 is 10.1 Å². The van der Waals surface area contributed by atoms with Crippen LogP contribution in [0.25, 0.3) is 5.69 Å². The number of hydrogen-bond acceptors (Lipinski definition) is 6. The van der Waals surface area contributed by atoms with Crippen LogP contribution in [0.15, 0.2) is 47.6 Å². The van der Waals surface area contributed by atoms with E-state index in [-0.39, 0.29) is 11.7 Å². The molecular weight excluding hydrogens is 362 g/mol. The van der Waals surface area contributed by atoms with Crippen molar-refractivity contribution in [2.24, 2.45) is 0 Å². The van der Waals surface area contributed by atoms with Gasteiger partial charge in [-0.2, -0.15) is 4.68 Å². The number of aromatic nitrogens is 4. The Labute approximate surface area is 162 Å². The number of nitrogens with one attached hydrogen (secondary N) is 1. The van der Waals surface area contributed by atoms with E-state index in [1.54, 1.807) is 4.68 Å². The summed E-state index contributed by atoms with van der Waals surface area (Å²) >= 11 is 1.28. The van der Waals surface area contributed by atoms with Crippen molar-refractivity contribution in [3.8, 4) is 11.4 Å². The summed E-state index contributed by atoms with van der Waals surface area (Å²) in [5.74, 6) is 0.896. The summed E-state index contributed by atoms with van der Waals surface area (Å²) in [6.45, 7) is 6.55. The Kier molecular flexibility index (Phi) is 6.08. The van der Waals surface area contributed by atoms with Crippen LogP contribution >= 0.6 is 11.8 Å². The predicted octanol–water partition coefficient (Wildman–Crippen LogP) is 3.41. The quantitative estimate of drug-likeness (QED) is 0.630. The SMILES string of the molecule is CCOc1ccc(-n2nnnc2SCC(=O)Nc2cc(C)cc(C)c2)cc1. The van der Waals surface area contributed by atoms with Gasteiger partial charge in [0.25, 0.3) is 0 Å². The first-order chi connectivity index (χ1) is 13.0. The largest absolute Gasteiger partial charge is 0.494 e. The van der Waals surface area contributed by atoms with Crippen LogP contribution in [0.1, 0.15) is 18.1 Å². The van der Waals surface area contributed by atoms with E-state index in [0.717, 1.165) is 28.3 Å². The minimum atomic E-state index is -0.105. The van der Waals surface area contributed by atoms with Gasteiger partial charge in [-0.15, -0.1) is 5.10 Å². The second-order valence-electron chi connectivity index (χ2n) is 6.01. The number of amides is 1. The molecule has 0 bridgehead atoms. The van der Waals surface area contributed by atoms with Gasteiger partial charge in [0.2, 0.25) is 11.1 Å². The Balaban J connectivity index is 1.63. The third-order valence-electron chi connectivity index (χ3n) is 3.67. The minimum absolute atomic E-state index is 0.105. The van der Waals surface area contributed by atoms with Gasteiger partial charge in [-0.3, -0.25) is 4.79 Å². The lowest BCUT2D eigenvalue weighted by Crippen LogP contribution is -2.14. The number of aryl methyl sites for hydroxylation is 2. The van der Waals surface area contributed by atoms with E-state index in [0.29, 0.717) is 11.8 Å². The van der Waals surface area contributed by atoms with Crippen LogP contribution in [-0.2, 0) is 4.79 Å². The van der Waals surface area contributed by atoms with Gasteiger partial charge >= 0.3 is 0 Å². The van der Waals surface area contributed by atoms with Gasteiger partial charge in [0.15, 0.2) is 0 Å². The third kappa shape index (κ3) is 5.07. The average Bonchev–Trinajstić information content (AvgIpc) is 3.08. The molecule has 0 unspecified atom stereocenters. The molecule has 27 heavy (non-hydrogen) atoms. The molecular formula is C19H21N5O2S. The molecule has 1 N–H and O–H groups in total. The molecule has 3 aromatic rings. The summed E-state index contributed by atoms with van der Waals surface area (Å²) in [5, 5.41) is 15.2. The van der Waals surface area contributed by atoms with Crippen LogP contribution in [0.5, 0.6) is 5.75 Å². The summed E-state index contributed by atoms with van der Waals surface area (Å²) in [6, 6.07) is 13.4. The molecule has 0 saturated heterocycles. The number of benzene rings is 2. The summed E-state index contributed by atoms with van der Waals surface area (Å²) in [7, 11) is 0. The zero-order chi connectivity index (χ0) is 19.2. The van der Waals surface area contributed by atoms with Gasteiger partial charge in [-0.05, 0) is 78.7 Å². The lowest BCUT2D eigenvalue weighted by Gasteiger charge is -2.08. The topological polar surface area (TPSA) is 81.9 Å². The fourth-order valence-electron chi connectivity index (χ4n) is 2.66. The molecule has 0 saturated carbocycles. The van der Waals surface area contributed by atoms with E-state index >= 15 is 0 Å². The highest BCUT2D eigenvalue weighted by atomic mass is 32.2. The third-order valence-corrected chi connectivity index (χ3v) is 4.59. The normalized spacial score (nSPS) is 10.6. The summed E-state index contributed by atoms with van der Waals surface area (Å²) in [6.07, 6.45) is 0. The molecule has 0 aliphatic carbocycles. The van der Waals surface area contributed by atoms with E-state index < -0.39 is 0 Å². The first kappa shape index (κ1) is 18.9. The second kappa shape index (κ2) is 8.68. The molecule has 1 amide bonds. The maximum atomic E-state index is 12.3. The monoisotopic (exact) mass is 383 g/mol. The van der Waals surface area contributed by atoms with Crippen molar-refractivity contribution in [3.63, 3.8) is 0 Å². The Bertz CT molecular complexity index is 904. The fraction of sp³-hybridized carbons (Fsp3) is 0.263. The van der Waals surface area contributed by atoms with Crippen molar-refractivity contribution >= 4 is 23.4 Å². The number of hydrogen-bond donors (Lipinski definition) is 1. The van der Waals surface area contributed by atoms with Crippen LogP contribution in [0, 0.1) is 13.8 Å². The fourth-order valence-corrected chi connectivity index (χ4v) is 3.35. The molecule has 0 aliphatic heterocycles. The van der Waals surface area contributed by atoms with Crippen molar-refractivity contribution in [1.82, 2.24) is 20.2 Å². The van der Waals surface area contributed by atoms with Crippen molar-refractivity contribution in [1.29, 1.82) is 0 Å². The molecule has 3 rings (SSSR count). The number of carbonyl (C=O) groups excluding carboxylic acids is 1. The van der Waals surface area contributed by atoms with E-state index in [1.807, 2.05) is 57.2 Å². The molecule has 1 aromatic heterocycles. The summed E-state index contributed by atoms with van der Waals surface area (Å²) in [5.41, 5.74) is 3.82. The number of ether oxygens (including phenoxy) is 1. The number of nitrogens with zero attached hydrogens (tertiary/aromatic N) is 4. The maximum absolute atomic E-state index is 12.3. The van der Waals surface area contributed by atoms with Crippen molar-refractivity contribution in [2.45, 2.75) is 25.9 Å². The second-order valence-corrected chi connectivity index (χ2v) is 6.96. The molecule has 0 aliphatic rings. The van der Waals surface area contributed by atoms with Gasteiger partial charge in [0, 0.05) is 5.69 Å². The van der Waals surface area contributed by atoms with E-state index in [4.69, 9.17) is 4.74 Å². The summed E-state index contributed by atoms with van der Waals surface area (Å²) in [4.78, 5) is 12.3. The van der Waals surface area contributed by atoms with Gasteiger partial charge in [-0.1, -0.05) is 17.8 Å². The van der Waals surface area contributed by atoms with Crippen molar-refractivity contribution in [3.05, 3.63) is 53.6 Å².